The molecule has 1 rings (SSSR count). The third kappa shape index (κ3) is 7.88. The van der Waals surface area contributed by atoms with Crippen LogP contribution < -0.4 is 16.0 Å². The Morgan fingerprint density at radius 2 is 2.04 bits per heavy atom. The van der Waals surface area contributed by atoms with Crippen molar-refractivity contribution < 1.29 is 4.79 Å². The molecule has 0 radical (unpaired) electrons. The Labute approximate surface area is 142 Å². The van der Waals surface area contributed by atoms with Gasteiger partial charge in [0.2, 0.25) is 0 Å². The standard InChI is InChI=1S/C16H27N5OS/c1-5-18-15(21-12-16(2,3)23-4)20-10-9-19-14(22)13-7-6-8-17-11-13/h6-8,11H,5,9-10,12H2,1-4H3,(H,19,22)(H2,18,20,21). The van der Waals surface area contributed by atoms with Crippen molar-refractivity contribution in [2.75, 3.05) is 32.4 Å². The first-order valence-electron chi connectivity index (χ1n) is 7.74. The van der Waals surface area contributed by atoms with Crippen LogP contribution in [0.4, 0.5) is 0 Å². The highest BCUT2D eigenvalue weighted by molar-refractivity contribution is 7.99. The smallest absolute Gasteiger partial charge is 0.252 e. The third-order valence-electron chi connectivity index (χ3n) is 3.14. The van der Waals surface area contributed by atoms with Crippen LogP contribution in [-0.4, -0.2) is 54.0 Å². The summed E-state index contributed by atoms with van der Waals surface area (Å²) in [5.74, 6) is 0.649. The first-order chi connectivity index (χ1) is 11.0. The summed E-state index contributed by atoms with van der Waals surface area (Å²) in [5.41, 5.74) is 0.565. The molecule has 0 aromatic carbocycles. The zero-order valence-electron chi connectivity index (χ0n) is 14.3. The monoisotopic (exact) mass is 337 g/mol. The Bertz CT molecular complexity index is 504. The van der Waals surface area contributed by atoms with Crippen molar-refractivity contribution in [3.05, 3.63) is 30.1 Å². The molecule has 0 spiro atoms. The fourth-order valence-electron chi connectivity index (χ4n) is 1.63. The number of aromatic nitrogens is 1. The highest BCUT2D eigenvalue weighted by atomic mass is 32.2. The molecule has 1 aromatic heterocycles. The van der Waals surface area contributed by atoms with E-state index in [2.05, 4.69) is 46.0 Å². The molecule has 3 N–H and O–H groups in total. The minimum absolute atomic E-state index is 0.108. The van der Waals surface area contributed by atoms with Gasteiger partial charge in [-0.2, -0.15) is 11.8 Å². The average molecular weight is 337 g/mol. The first kappa shape index (κ1) is 19.3. The second-order valence-electron chi connectivity index (χ2n) is 5.58. The molecule has 1 heterocycles. The van der Waals surface area contributed by atoms with E-state index in [-0.39, 0.29) is 10.7 Å². The number of rotatable bonds is 8. The molecule has 1 amide bonds. The van der Waals surface area contributed by atoms with E-state index in [9.17, 15) is 4.79 Å². The molecule has 0 aliphatic rings. The van der Waals surface area contributed by atoms with Gasteiger partial charge in [-0.3, -0.25) is 14.8 Å². The number of carbonyl (C=O) groups excluding carboxylic acids is 1. The van der Waals surface area contributed by atoms with Crippen molar-refractivity contribution >= 4 is 23.6 Å². The van der Waals surface area contributed by atoms with Crippen LogP contribution in [0.25, 0.3) is 0 Å². The van der Waals surface area contributed by atoms with Crippen LogP contribution in [0.3, 0.4) is 0 Å². The fourth-order valence-corrected chi connectivity index (χ4v) is 1.83. The van der Waals surface area contributed by atoms with Crippen LogP contribution in [-0.2, 0) is 0 Å². The Balaban J connectivity index is 2.38. The maximum absolute atomic E-state index is 11.9. The topological polar surface area (TPSA) is 78.4 Å². The number of amides is 1. The van der Waals surface area contributed by atoms with Gasteiger partial charge in [-0.1, -0.05) is 0 Å². The molecule has 0 aliphatic heterocycles. The van der Waals surface area contributed by atoms with Crippen molar-refractivity contribution in [1.29, 1.82) is 0 Å². The van der Waals surface area contributed by atoms with Crippen LogP contribution in [0, 0.1) is 0 Å². The minimum Gasteiger partial charge on any atom is -0.357 e. The summed E-state index contributed by atoms with van der Waals surface area (Å²) in [5, 5.41) is 9.28. The molecular formula is C16H27N5OS. The van der Waals surface area contributed by atoms with Crippen LogP contribution in [0.1, 0.15) is 31.1 Å². The lowest BCUT2D eigenvalue weighted by Crippen LogP contribution is -2.42. The van der Waals surface area contributed by atoms with E-state index in [4.69, 9.17) is 0 Å². The molecule has 6 nitrogen and oxygen atoms in total. The number of pyridine rings is 1. The number of hydrogen-bond acceptors (Lipinski definition) is 4. The highest BCUT2D eigenvalue weighted by Crippen LogP contribution is 2.20. The van der Waals surface area contributed by atoms with Crippen molar-refractivity contribution in [3.8, 4) is 0 Å². The summed E-state index contributed by atoms with van der Waals surface area (Å²) in [6, 6.07) is 3.49. The number of carbonyl (C=O) groups is 1. The van der Waals surface area contributed by atoms with E-state index in [1.807, 2.05) is 6.92 Å². The summed E-state index contributed by atoms with van der Waals surface area (Å²) in [4.78, 5) is 20.4. The van der Waals surface area contributed by atoms with Gasteiger partial charge in [-0.15, -0.1) is 0 Å². The molecule has 1 aromatic rings. The van der Waals surface area contributed by atoms with Gasteiger partial charge in [0.25, 0.3) is 5.91 Å². The SMILES string of the molecule is CCNC(=NCC(C)(C)SC)NCCNC(=O)c1cccnc1. The van der Waals surface area contributed by atoms with Gasteiger partial charge in [0, 0.05) is 36.8 Å². The Kier molecular flexibility index (Phi) is 8.47. The average Bonchev–Trinajstić information content (AvgIpc) is 2.57. The first-order valence-corrected chi connectivity index (χ1v) is 8.96. The molecule has 0 saturated heterocycles. The van der Waals surface area contributed by atoms with Gasteiger partial charge in [-0.25, -0.2) is 0 Å². The molecule has 0 bridgehead atoms. The van der Waals surface area contributed by atoms with E-state index >= 15 is 0 Å². The lowest BCUT2D eigenvalue weighted by molar-refractivity contribution is 0.0954. The predicted octanol–water partition coefficient (Wildman–Crippen LogP) is 1.51. The van der Waals surface area contributed by atoms with Crippen LogP contribution >= 0.6 is 11.8 Å². The van der Waals surface area contributed by atoms with Gasteiger partial charge < -0.3 is 16.0 Å². The second kappa shape index (κ2) is 10.1. The number of nitrogens with zero attached hydrogens (tertiary/aromatic N) is 2. The second-order valence-corrected chi connectivity index (χ2v) is 7.10. The van der Waals surface area contributed by atoms with Gasteiger partial charge in [0.05, 0.1) is 12.1 Å². The van der Waals surface area contributed by atoms with Gasteiger partial charge in [0.15, 0.2) is 5.96 Å². The lowest BCUT2D eigenvalue weighted by Gasteiger charge is -2.20. The van der Waals surface area contributed by atoms with E-state index in [0.29, 0.717) is 18.7 Å². The predicted molar refractivity (Wildman–Crippen MR) is 98.1 cm³/mol. The van der Waals surface area contributed by atoms with Crippen molar-refractivity contribution in [2.45, 2.75) is 25.5 Å². The summed E-state index contributed by atoms with van der Waals surface area (Å²) in [6.07, 6.45) is 5.29. The molecule has 0 fully saturated rings. The fraction of sp³-hybridized carbons (Fsp3) is 0.562. The van der Waals surface area contributed by atoms with Crippen LogP contribution in [0.15, 0.2) is 29.5 Å². The zero-order chi connectivity index (χ0) is 17.1. The Morgan fingerprint density at radius 1 is 1.30 bits per heavy atom. The highest BCUT2D eigenvalue weighted by Gasteiger charge is 2.15. The zero-order valence-corrected chi connectivity index (χ0v) is 15.2. The van der Waals surface area contributed by atoms with E-state index in [1.165, 1.54) is 0 Å². The lowest BCUT2D eigenvalue weighted by atomic mass is 10.2. The van der Waals surface area contributed by atoms with Crippen LogP contribution in [0.5, 0.6) is 0 Å². The van der Waals surface area contributed by atoms with Gasteiger partial charge in [0.1, 0.15) is 0 Å². The largest absolute Gasteiger partial charge is 0.357 e. The summed E-state index contributed by atoms with van der Waals surface area (Å²) < 4.78 is 0.108. The third-order valence-corrected chi connectivity index (χ3v) is 4.38. The van der Waals surface area contributed by atoms with Crippen molar-refractivity contribution in [1.82, 2.24) is 20.9 Å². The minimum atomic E-state index is -0.120. The maximum atomic E-state index is 11.9. The summed E-state index contributed by atoms with van der Waals surface area (Å²) in [6.45, 7) is 9.01. The summed E-state index contributed by atoms with van der Waals surface area (Å²) in [7, 11) is 0. The molecule has 0 atom stereocenters. The Hall–Kier alpha value is -1.76. The number of aliphatic imine (C=N–C) groups is 1. The molecule has 0 saturated carbocycles. The molecule has 128 valence electrons. The van der Waals surface area contributed by atoms with E-state index < -0.39 is 0 Å². The Morgan fingerprint density at radius 3 is 2.65 bits per heavy atom. The normalized spacial score (nSPS) is 11.9. The van der Waals surface area contributed by atoms with Crippen LogP contribution in [0.2, 0.25) is 0 Å². The molecular weight excluding hydrogens is 310 g/mol. The number of thioether (sulfide) groups is 1. The summed E-state index contributed by atoms with van der Waals surface area (Å²) >= 11 is 1.79. The van der Waals surface area contributed by atoms with Crippen molar-refractivity contribution in [2.24, 2.45) is 4.99 Å². The van der Waals surface area contributed by atoms with Crippen molar-refractivity contribution in [3.63, 3.8) is 0 Å². The molecule has 23 heavy (non-hydrogen) atoms. The van der Waals surface area contributed by atoms with Gasteiger partial charge >= 0.3 is 0 Å². The number of hydrogen-bond donors (Lipinski definition) is 3. The number of nitrogens with one attached hydrogen (secondary N) is 3. The van der Waals surface area contributed by atoms with E-state index in [1.54, 1.807) is 36.3 Å². The quantitative estimate of drug-likeness (QED) is 0.381. The van der Waals surface area contributed by atoms with Gasteiger partial charge in [-0.05, 0) is 39.2 Å². The molecule has 7 heteroatoms. The molecule has 0 aliphatic carbocycles. The number of guanidine groups is 1. The molecule has 0 unspecified atom stereocenters. The van der Waals surface area contributed by atoms with E-state index in [0.717, 1.165) is 19.0 Å². The maximum Gasteiger partial charge on any atom is 0.252 e.